The van der Waals surface area contributed by atoms with Crippen LogP contribution in [0.2, 0.25) is 0 Å². The van der Waals surface area contributed by atoms with Crippen molar-refractivity contribution in [2.45, 2.75) is 12.5 Å². The molecule has 0 saturated carbocycles. The van der Waals surface area contributed by atoms with Gasteiger partial charge in [0.15, 0.2) is 17.5 Å². The molecule has 1 unspecified atom stereocenters. The molecule has 106 valence electrons. The number of hydrogen-bond acceptors (Lipinski definition) is 3. The van der Waals surface area contributed by atoms with E-state index in [1.165, 1.54) is 0 Å². The molecule has 0 amide bonds. The van der Waals surface area contributed by atoms with E-state index < -0.39 is 23.5 Å². The molecule has 0 spiro atoms. The van der Waals surface area contributed by atoms with Gasteiger partial charge < -0.3 is 0 Å². The SMILES string of the molecule is NNC(Cc1ccc(Br)cn1)c1cc(F)c(F)c(F)c1. The molecule has 0 bridgehead atoms. The number of rotatable bonds is 4. The number of pyridine rings is 1. The number of nitrogens with two attached hydrogens (primary N) is 1. The summed E-state index contributed by atoms with van der Waals surface area (Å²) in [5.41, 5.74) is 3.35. The summed E-state index contributed by atoms with van der Waals surface area (Å²) in [6.45, 7) is 0. The third-order valence-electron chi connectivity index (χ3n) is 2.81. The normalized spacial score (nSPS) is 12.4. The molecule has 0 aliphatic carbocycles. The summed E-state index contributed by atoms with van der Waals surface area (Å²) in [6, 6.07) is 4.81. The summed E-state index contributed by atoms with van der Waals surface area (Å²) >= 11 is 3.26. The van der Waals surface area contributed by atoms with Crippen LogP contribution in [0.15, 0.2) is 34.9 Å². The van der Waals surface area contributed by atoms with E-state index in [4.69, 9.17) is 5.84 Å². The monoisotopic (exact) mass is 345 g/mol. The Kier molecular flexibility index (Phi) is 4.74. The van der Waals surface area contributed by atoms with Gasteiger partial charge in [-0.05, 0) is 45.8 Å². The number of halogens is 4. The molecule has 0 aliphatic heterocycles. The average Bonchev–Trinajstić information content (AvgIpc) is 2.43. The maximum absolute atomic E-state index is 13.2. The third kappa shape index (κ3) is 3.36. The maximum Gasteiger partial charge on any atom is 0.194 e. The molecule has 1 heterocycles. The highest BCUT2D eigenvalue weighted by molar-refractivity contribution is 9.10. The van der Waals surface area contributed by atoms with Crippen molar-refractivity contribution in [1.82, 2.24) is 10.4 Å². The Morgan fingerprint density at radius 2 is 1.85 bits per heavy atom. The summed E-state index contributed by atoms with van der Waals surface area (Å²) in [4.78, 5) is 4.15. The van der Waals surface area contributed by atoms with Crippen molar-refractivity contribution in [1.29, 1.82) is 0 Å². The molecule has 0 fully saturated rings. The van der Waals surface area contributed by atoms with E-state index in [-0.39, 0.29) is 5.56 Å². The van der Waals surface area contributed by atoms with Crippen LogP contribution in [0, 0.1) is 17.5 Å². The third-order valence-corrected chi connectivity index (χ3v) is 3.28. The van der Waals surface area contributed by atoms with Gasteiger partial charge in [0.25, 0.3) is 0 Å². The predicted octanol–water partition coefficient (Wildman–Crippen LogP) is 3.01. The summed E-state index contributed by atoms with van der Waals surface area (Å²) in [5.74, 6) is 1.41. The topological polar surface area (TPSA) is 50.9 Å². The Morgan fingerprint density at radius 3 is 2.35 bits per heavy atom. The molecule has 0 radical (unpaired) electrons. The lowest BCUT2D eigenvalue weighted by Crippen LogP contribution is -2.30. The average molecular weight is 346 g/mol. The van der Waals surface area contributed by atoms with Crippen molar-refractivity contribution in [2.24, 2.45) is 5.84 Å². The lowest BCUT2D eigenvalue weighted by Gasteiger charge is -2.16. The minimum absolute atomic E-state index is 0.216. The summed E-state index contributed by atoms with van der Waals surface area (Å²) in [6.07, 6.45) is 1.92. The first-order valence-electron chi connectivity index (χ1n) is 5.72. The molecule has 1 atom stereocenters. The van der Waals surface area contributed by atoms with Gasteiger partial charge >= 0.3 is 0 Å². The Hall–Kier alpha value is -1.44. The molecule has 2 aromatic rings. The van der Waals surface area contributed by atoms with E-state index in [0.29, 0.717) is 12.1 Å². The van der Waals surface area contributed by atoms with Crippen molar-refractivity contribution in [3.8, 4) is 0 Å². The molecule has 20 heavy (non-hydrogen) atoms. The van der Waals surface area contributed by atoms with Crippen molar-refractivity contribution in [3.63, 3.8) is 0 Å². The maximum atomic E-state index is 13.2. The van der Waals surface area contributed by atoms with Gasteiger partial charge in [-0.3, -0.25) is 16.3 Å². The molecule has 7 heteroatoms. The zero-order valence-corrected chi connectivity index (χ0v) is 11.8. The van der Waals surface area contributed by atoms with Gasteiger partial charge in [-0.25, -0.2) is 13.2 Å². The smallest absolute Gasteiger partial charge is 0.194 e. The zero-order valence-electron chi connectivity index (χ0n) is 10.2. The Labute approximate surface area is 122 Å². The van der Waals surface area contributed by atoms with Gasteiger partial charge in [0.1, 0.15) is 0 Å². The fraction of sp³-hybridized carbons (Fsp3) is 0.154. The van der Waals surface area contributed by atoms with Gasteiger partial charge in [0.05, 0.1) is 6.04 Å². The van der Waals surface area contributed by atoms with Crippen LogP contribution < -0.4 is 11.3 Å². The van der Waals surface area contributed by atoms with Crippen molar-refractivity contribution < 1.29 is 13.2 Å². The molecular weight excluding hydrogens is 335 g/mol. The fourth-order valence-corrected chi connectivity index (χ4v) is 2.02. The molecule has 0 aliphatic rings. The van der Waals surface area contributed by atoms with Crippen molar-refractivity contribution in [2.75, 3.05) is 0 Å². The number of hydrogen-bond donors (Lipinski definition) is 2. The van der Waals surface area contributed by atoms with Gasteiger partial charge in [-0.15, -0.1) is 0 Å². The Morgan fingerprint density at radius 1 is 1.20 bits per heavy atom. The van der Waals surface area contributed by atoms with E-state index in [1.807, 2.05) is 0 Å². The molecule has 0 saturated heterocycles. The van der Waals surface area contributed by atoms with E-state index in [9.17, 15) is 13.2 Å². The number of aromatic nitrogens is 1. The van der Waals surface area contributed by atoms with E-state index >= 15 is 0 Å². The zero-order chi connectivity index (χ0) is 14.7. The highest BCUT2D eigenvalue weighted by atomic mass is 79.9. The highest BCUT2D eigenvalue weighted by Crippen LogP contribution is 2.22. The molecule has 1 aromatic carbocycles. The fourth-order valence-electron chi connectivity index (χ4n) is 1.79. The largest absolute Gasteiger partial charge is 0.271 e. The van der Waals surface area contributed by atoms with E-state index in [1.54, 1.807) is 18.3 Å². The second-order valence-corrected chi connectivity index (χ2v) is 5.11. The number of nitrogens with one attached hydrogen (secondary N) is 1. The van der Waals surface area contributed by atoms with Crippen molar-refractivity contribution >= 4 is 15.9 Å². The lowest BCUT2D eigenvalue weighted by atomic mass is 10.0. The minimum atomic E-state index is -1.49. The van der Waals surface area contributed by atoms with Crippen LogP contribution in [0.3, 0.4) is 0 Å². The van der Waals surface area contributed by atoms with Crippen LogP contribution in [0.25, 0.3) is 0 Å². The van der Waals surface area contributed by atoms with Crippen LogP contribution >= 0.6 is 15.9 Å². The Bertz CT molecular complexity index is 581. The van der Waals surface area contributed by atoms with Gasteiger partial charge in [-0.2, -0.15) is 0 Å². The van der Waals surface area contributed by atoms with Crippen LogP contribution in [-0.2, 0) is 6.42 Å². The molecule has 3 nitrogen and oxygen atoms in total. The van der Waals surface area contributed by atoms with Gasteiger partial charge in [-0.1, -0.05) is 0 Å². The predicted molar refractivity (Wildman–Crippen MR) is 72.0 cm³/mol. The van der Waals surface area contributed by atoms with Crippen LogP contribution in [0.4, 0.5) is 13.2 Å². The molecule has 3 N–H and O–H groups in total. The van der Waals surface area contributed by atoms with Crippen LogP contribution in [0.1, 0.15) is 17.3 Å². The number of hydrazine groups is 1. The van der Waals surface area contributed by atoms with E-state index in [0.717, 1.165) is 16.6 Å². The summed E-state index contributed by atoms with van der Waals surface area (Å²) in [5, 5.41) is 0. The summed E-state index contributed by atoms with van der Waals surface area (Å²) in [7, 11) is 0. The van der Waals surface area contributed by atoms with E-state index in [2.05, 4.69) is 26.3 Å². The standard InChI is InChI=1S/C13H11BrF3N3/c14-8-1-2-9(19-6-8)5-12(20-18)7-3-10(15)13(17)11(16)4-7/h1-4,6,12,20H,5,18H2. The quantitative estimate of drug-likeness (QED) is 0.508. The second-order valence-electron chi connectivity index (χ2n) is 4.19. The lowest BCUT2D eigenvalue weighted by molar-refractivity contribution is 0.439. The molecule has 1 aromatic heterocycles. The van der Waals surface area contributed by atoms with Crippen LogP contribution in [-0.4, -0.2) is 4.98 Å². The van der Waals surface area contributed by atoms with Crippen LogP contribution in [0.5, 0.6) is 0 Å². The number of nitrogens with zero attached hydrogens (tertiary/aromatic N) is 1. The number of benzene rings is 1. The van der Waals surface area contributed by atoms with Crippen molar-refractivity contribution in [3.05, 3.63) is 63.6 Å². The summed E-state index contributed by atoms with van der Waals surface area (Å²) < 4.78 is 40.2. The van der Waals surface area contributed by atoms with Gasteiger partial charge in [0, 0.05) is 22.8 Å². The molecule has 2 rings (SSSR count). The highest BCUT2D eigenvalue weighted by Gasteiger charge is 2.17. The molecular formula is C13H11BrF3N3. The second kappa shape index (κ2) is 6.34. The van der Waals surface area contributed by atoms with Gasteiger partial charge in [0.2, 0.25) is 0 Å². The first kappa shape index (κ1) is 15.0. The first-order chi connectivity index (χ1) is 9.51. The minimum Gasteiger partial charge on any atom is -0.271 e. The first-order valence-corrected chi connectivity index (χ1v) is 6.51. The Balaban J connectivity index is 2.26.